The minimum Gasteiger partial charge on any atom is -0.493 e. The van der Waals surface area contributed by atoms with E-state index in [1.807, 2.05) is 24.3 Å². The zero-order valence-corrected chi connectivity index (χ0v) is 9.28. The van der Waals surface area contributed by atoms with E-state index in [9.17, 15) is 0 Å². The maximum atomic E-state index is 8.45. The van der Waals surface area contributed by atoms with Gasteiger partial charge in [-0.15, -0.1) is 0 Å². The predicted octanol–water partition coefficient (Wildman–Crippen LogP) is 2.72. The summed E-state index contributed by atoms with van der Waals surface area (Å²) in [6.07, 6.45) is 0. The van der Waals surface area contributed by atoms with Crippen LogP contribution in [0.15, 0.2) is 18.2 Å². The monoisotopic (exact) mass is 205 g/mol. The third-order valence-electron chi connectivity index (χ3n) is 2.15. The van der Waals surface area contributed by atoms with Crippen molar-refractivity contribution in [3.8, 4) is 17.6 Å². The Morgan fingerprint density at radius 3 is 2.60 bits per heavy atom. The molecule has 3 heteroatoms. The molecule has 1 rings (SSSR count). The molecular weight excluding hydrogens is 190 g/mol. The van der Waals surface area contributed by atoms with Crippen molar-refractivity contribution in [2.45, 2.75) is 19.8 Å². The molecule has 0 amide bonds. The maximum Gasteiger partial charge on any atom is 0.174 e. The van der Waals surface area contributed by atoms with E-state index in [1.165, 1.54) is 5.56 Å². The van der Waals surface area contributed by atoms with Crippen molar-refractivity contribution in [3.63, 3.8) is 0 Å². The van der Waals surface area contributed by atoms with Crippen LogP contribution in [0.4, 0.5) is 0 Å². The van der Waals surface area contributed by atoms with Crippen molar-refractivity contribution in [1.29, 1.82) is 5.26 Å². The van der Waals surface area contributed by atoms with Crippen molar-refractivity contribution in [2.24, 2.45) is 0 Å². The maximum absolute atomic E-state index is 8.45. The number of ether oxygens (including phenoxy) is 2. The fourth-order valence-corrected chi connectivity index (χ4v) is 1.28. The molecule has 0 aliphatic heterocycles. The van der Waals surface area contributed by atoms with Crippen molar-refractivity contribution in [2.75, 3.05) is 13.7 Å². The fourth-order valence-electron chi connectivity index (χ4n) is 1.28. The summed E-state index contributed by atoms with van der Waals surface area (Å²) in [5.41, 5.74) is 1.17. The summed E-state index contributed by atoms with van der Waals surface area (Å²) < 4.78 is 10.4. The molecule has 1 aromatic rings. The first kappa shape index (κ1) is 11.4. The molecular formula is C12H15NO2. The quantitative estimate of drug-likeness (QED) is 0.759. The molecule has 80 valence electrons. The molecule has 0 bridgehead atoms. The van der Waals surface area contributed by atoms with Crippen LogP contribution in [-0.4, -0.2) is 13.7 Å². The molecule has 3 nitrogen and oxygen atoms in total. The van der Waals surface area contributed by atoms with Crippen LogP contribution < -0.4 is 9.47 Å². The van der Waals surface area contributed by atoms with Gasteiger partial charge in [-0.3, -0.25) is 0 Å². The summed E-state index contributed by atoms with van der Waals surface area (Å²) >= 11 is 0. The van der Waals surface area contributed by atoms with Crippen LogP contribution in [0.2, 0.25) is 0 Å². The topological polar surface area (TPSA) is 42.2 Å². The van der Waals surface area contributed by atoms with E-state index < -0.39 is 0 Å². The number of hydrogen-bond acceptors (Lipinski definition) is 3. The standard InChI is InChI=1S/C12H15NO2/c1-9(2)10-4-5-11(14-3)12(8-10)15-7-6-13/h4-5,8-9H,7H2,1-3H3. The summed E-state index contributed by atoms with van der Waals surface area (Å²) in [7, 11) is 1.59. The fraction of sp³-hybridized carbons (Fsp3) is 0.417. The first-order valence-electron chi connectivity index (χ1n) is 4.86. The van der Waals surface area contributed by atoms with E-state index in [0.717, 1.165) is 0 Å². The molecule has 0 fully saturated rings. The highest BCUT2D eigenvalue weighted by Crippen LogP contribution is 2.30. The van der Waals surface area contributed by atoms with Crippen LogP contribution in [-0.2, 0) is 0 Å². The van der Waals surface area contributed by atoms with Gasteiger partial charge in [0.1, 0.15) is 6.07 Å². The van der Waals surface area contributed by atoms with E-state index in [2.05, 4.69) is 13.8 Å². The number of hydrogen-bond donors (Lipinski definition) is 0. The zero-order chi connectivity index (χ0) is 11.3. The van der Waals surface area contributed by atoms with Crippen LogP contribution in [0.5, 0.6) is 11.5 Å². The molecule has 1 aromatic carbocycles. The molecule has 0 unspecified atom stereocenters. The Hall–Kier alpha value is -1.69. The first-order chi connectivity index (χ1) is 7.19. The Labute approximate surface area is 90.2 Å². The average molecular weight is 205 g/mol. The van der Waals surface area contributed by atoms with E-state index in [-0.39, 0.29) is 6.61 Å². The minimum absolute atomic E-state index is 0.0396. The van der Waals surface area contributed by atoms with Gasteiger partial charge in [-0.2, -0.15) is 5.26 Å². The predicted molar refractivity (Wildman–Crippen MR) is 58.2 cm³/mol. The van der Waals surface area contributed by atoms with Gasteiger partial charge < -0.3 is 9.47 Å². The molecule has 0 atom stereocenters. The summed E-state index contributed by atoms with van der Waals surface area (Å²) in [6.45, 7) is 4.25. The summed E-state index contributed by atoms with van der Waals surface area (Å²) in [6, 6.07) is 7.72. The van der Waals surface area contributed by atoms with Crippen LogP contribution in [0.1, 0.15) is 25.3 Å². The molecule has 0 saturated carbocycles. The van der Waals surface area contributed by atoms with Gasteiger partial charge in [0.15, 0.2) is 18.1 Å². The molecule has 0 spiro atoms. The smallest absolute Gasteiger partial charge is 0.174 e. The lowest BCUT2D eigenvalue weighted by Gasteiger charge is -2.12. The van der Waals surface area contributed by atoms with Crippen molar-refractivity contribution in [1.82, 2.24) is 0 Å². The second-order valence-electron chi connectivity index (χ2n) is 3.51. The van der Waals surface area contributed by atoms with Crippen molar-refractivity contribution in [3.05, 3.63) is 23.8 Å². The normalized spacial score (nSPS) is 9.80. The molecule has 15 heavy (non-hydrogen) atoms. The second-order valence-corrected chi connectivity index (χ2v) is 3.51. The molecule has 0 aliphatic rings. The molecule has 0 N–H and O–H groups in total. The van der Waals surface area contributed by atoms with E-state index in [4.69, 9.17) is 14.7 Å². The Balaban J connectivity index is 2.97. The Morgan fingerprint density at radius 1 is 1.33 bits per heavy atom. The Morgan fingerprint density at radius 2 is 2.07 bits per heavy atom. The lowest BCUT2D eigenvalue weighted by atomic mass is 10.0. The van der Waals surface area contributed by atoms with Gasteiger partial charge in [0.25, 0.3) is 0 Å². The van der Waals surface area contributed by atoms with Gasteiger partial charge >= 0.3 is 0 Å². The molecule has 0 heterocycles. The number of nitrogens with zero attached hydrogens (tertiary/aromatic N) is 1. The van der Waals surface area contributed by atoms with E-state index in [0.29, 0.717) is 17.4 Å². The molecule has 0 aromatic heterocycles. The number of nitriles is 1. The van der Waals surface area contributed by atoms with Gasteiger partial charge in [-0.1, -0.05) is 19.9 Å². The number of rotatable bonds is 4. The molecule has 0 radical (unpaired) electrons. The third kappa shape index (κ3) is 2.88. The second kappa shape index (κ2) is 5.26. The number of benzene rings is 1. The third-order valence-corrected chi connectivity index (χ3v) is 2.15. The highest BCUT2D eigenvalue weighted by molar-refractivity contribution is 5.43. The summed E-state index contributed by atoms with van der Waals surface area (Å²) in [5.74, 6) is 1.72. The largest absolute Gasteiger partial charge is 0.493 e. The highest BCUT2D eigenvalue weighted by atomic mass is 16.5. The zero-order valence-electron chi connectivity index (χ0n) is 9.28. The molecule has 0 saturated heterocycles. The van der Waals surface area contributed by atoms with Crippen molar-refractivity contribution < 1.29 is 9.47 Å². The minimum atomic E-state index is 0.0396. The average Bonchev–Trinajstić information content (AvgIpc) is 2.25. The van der Waals surface area contributed by atoms with E-state index in [1.54, 1.807) is 7.11 Å². The van der Waals surface area contributed by atoms with Crippen LogP contribution in [0.25, 0.3) is 0 Å². The van der Waals surface area contributed by atoms with Crippen LogP contribution in [0, 0.1) is 11.3 Å². The SMILES string of the molecule is COc1ccc(C(C)C)cc1OCC#N. The van der Waals surface area contributed by atoms with Gasteiger partial charge in [-0.25, -0.2) is 0 Å². The van der Waals surface area contributed by atoms with Gasteiger partial charge in [0.2, 0.25) is 0 Å². The lowest BCUT2D eigenvalue weighted by Crippen LogP contribution is -1.98. The van der Waals surface area contributed by atoms with Gasteiger partial charge in [-0.05, 0) is 23.6 Å². The van der Waals surface area contributed by atoms with E-state index >= 15 is 0 Å². The summed E-state index contributed by atoms with van der Waals surface area (Å²) in [5, 5.41) is 8.45. The van der Waals surface area contributed by atoms with Gasteiger partial charge in [0.05, 0.1) is 7.11 Å². The molecule has 0 aliphatic carbocycles. The first-order valence-corrected chi connectivity index (χ1v) is 4.86. The Kier molecular flexibility index (Phi) is 3.99. The van der Waals surface area contributed by atoms with Crippen LogP contribution >= 0.6 is 0 Å². The number of methoxy groups -OCH3 is 1. The van der Waals surface area contributed by atoms with Gasteiger partial charge in [0, 0.05) is 0 Å². The summed E-state index contributed by atoms with van der Waals surface area (Å²) in [4.78, 5) is 0. The van der Waals surface area contributed by atoms with Crippen LogP contribution in [0.3, 0.4) is 0 Å². The van der Waals surface area contributed by atoms with Crippen molar-refractivity contribution >= 4 is 0 Å². The lowest BCUT2D eigenvalue weighted by molar-refractivity contribution is 0.329. The highest BCUT2D eigenvalue weighted by Gasteiger charge is 2.07. The Bertz CT molecular complexity index is 366.